The summed E-state index contributed by atoms with van der Waals surface area (Å²) in [6.45, 7) is 4.45. The van der Waals surface area contributed by atoms with E-state index in [-0.39, 0.29) is 30.0 Å². The van der Waals surface area contributed by atoms with Crippen molar-refractivity contribution in [3.63, 3.8) is 0 Å². The molecule has 0 aliphatic carbocycles. The molecule has 0 aliphatic heterocycles. The van der Waals surface area contributed by atoms with Crippen LogP contribution >= 0.6 is 0 Å². The number of rotatable bonds is 8. The van der Waals surface area contributed by atoms with E-state index < -0.39 is 0 Å². The van der Waals surface area contributed by atoms with Gasteiger partial charge in [-0.25, -0.2) is 9.37 Å². The van der Waals surface area contributed by atoms with Crippen LogP contribution in [0, 0.1) is 12.7 Å². The number of hydrogen-bond acceptors (Lipinski definition) is 6. The molecule has 0 unspecified atom stereocenters. The topological polar surface area (TPSA) is 110 Å². The van der Waals surface area contributed by atoms with Gasteiger partial charge < -0.3 is 11.1 Å². The van der Waals surface area contributed by atoms with Crippen molar-refractivity contribution in [2.75, 3.05) is 12.0 Å². The Morgan fingerprint density at radius 3 is 2.77 bits per heavy atom. The molecule has 0 bridgehead atoms. The van der Waals surface area contributed by atoms with Crippen LogP contribution in [0.3, 0.4) is 0 Å². The first kappa shape index (κ1) is 21.1. The Morgan fingerprint density at radius 2 is 2.03 bits per heavy atom. The number of halogens is 1. The molecule has 0 radical (unpaired) electrons. The third-order valence-corrected chi connectivity index (χ3v) is 4.28. The highest BCUT2D eigenvalue weighted by Gasteiger charge is 2.16. The molecule has 156 valence electrons. The van der Waals surface area contributed by atoms with Crippen molar-refractivity contribution >= 4 is 17.8 Å². The standard InChI is InChI=1S/C21H24FN7O/c1-14-3-8-19(28-24-10-9-23)20(26-14)21(30)27-15(2)12-29-13-17(11-25-29)16-4-6-18(22)7-5-16/h3-8,10-11,13,15,28H,9,12,23H2,1-2H3,(H,27,30)/b24-10-/t15-/m0/s1. The number of anilines is 1. The first-order valence-corrected chi connectivity index (χ1v) is 9.50. The van der Waals surface area contributed by atoms with Gasteiger partial charge in [0.1, 0.15) is 5.82 Å². The van der Waals surface area contributed by atoms with Crippen LogP contribution in [-0.2, 0) is 6.54 Å². The van der Waals surface area contributed by atoms with Crippen LogP contribution in [0.1, 0.15) is 23.1 Å². The second kappa shape index (κ2) is 9.75. The van der Waals surface area contributed by atoms with E-state index in [9.17, 15) is 9.18 Å². The van der Waals surface area contributed by atoms with E-state index in [0.717, 1.165) is 16.8 Å². The van der Waals surface area contributed by atoms with Gasteiger partial charge in [-0.15, -0.1) is 0 Å². The van der Waals surface area contributed by atoms with Crippen molar-refractivity contribution < 1.29 is 9.18 Å². The largest absolute Gasteiger partial charge is 0.346 e. The Bertz CT molecular complexity index is 1030. The van der Waals surface area contributed by atoms with E-state index in [2.05, 4.69) is 25.9 Å². The second-order valence-corrected chi connectivity index (χ2v) is 6.84. The van der Waals surface area contributed by atoms with Crippen LogP contribution in [0.2, 0.25) is 0 Å². The highest BCUT2D eigenvalue weighted by Crippen LogP contribution is 2.19. The number of hydrogen-bond donors (Lipinski definition) is 3. The summed E-state index contributed by atoms with van der Waals surface area (Å²) in [5.74, 6) is -0.600. The molecule has 0 spiro atoms. The van der Waals surface area contributed by atoms with Gasteiger partial charge >= 0.3 is 0 Å². The third-order valence-electron chi connectivity index (χ3n) is 4.28. The van der Waals surface area contributed by atoms with Gasteiger partial charge in [0.05, 0.1) is 18.4 Å². The van der Waals surface area contributed by atoms with Gasteiger partial charge in [0.15, 0.2) is 5.69 Å². The van der Waals surface area contributed by atoms with Crippen LogP contribution in [-0.4, -0.2) is 39.5 Å². The van der Waals surface area contributed by atoms with Crippen molar-refractivity contribution in [2.45, 2.75) is 26.4 Å². The fourth-order valence-electron chi connectivity index (χ4n) is 2.86. The number of carbonyl (C=O) groups excluding carboxylic acids is 1. The summed E-state index contributed by atoms with van der Waals surface area (Å²) in [5.41, 5.74) is 11.4. The summed E-state index contributed by atoms with van der Waals surface area (Å²) < 4.78 is 14.8. The number of benzene rings is 1. The molecule has 1 aromatic carbocycles. The average molecular weight is 409 g/mol. The molecule has 0 saturated heterocycles. The SMILES string of the molecule is Cc1ccc(N/N=C\CN)c(C(=O)N[C@@H](C)Cn2cc(-c3ccc(F)cc3)cn2)n1. The summed E-state index contributed by atoms with van der Waals surface area (Å²) in [7, 11) is 0. The fourth-order valence-corrected chi connectivity index (χ4v) is 2.86. The minimum atomic E-state index is -0.317. The summed E-state index contributed by atoms with van der Waals surface area (Å²) in [4.78, 5) is 17.1. The van der Waals surface area contributed by atoms with Gasteiger partial charge in [0.2, 0.25) is 0 Å². The Balaban J connectivity index is 1.66. The molecule has 1 atom stereocenters. The van der Waals surface area contributed by atoms with Gasteiger partial charge in [0.25, 0.3) is 5.91 Å². The van der Waals surface area contributed by atoms with E-state index in [0.29, 0.717) is 12.2 Å². The van der Waals surface area contributed by atoms with Crippen molar-refractivity contribution in [1.29, 1.82) is 0 Å². The third kappa shape index (κ3) is 5.48. The predicted molar refractivity (Wildman–Crippen MR) is 115 cm³/mol. The molecule has 3 rings (SSSR count). The summed E-state index contributed by atoms with van der Waals surface area (Å²) in [6, 6.07) is 9.56. The lowest BCUT2D eigenvalue weighted by Gasteiger charge is -2.15. The molecule has 0 saturated carbocycles. The number of hydrazone groups is 1. The zero-order valence-electron chi connectivity index (χ0n) is 16.8. The Kier molecular flexibility index (Phi) is 6.87. The highest BCUT2D eigenvalue weighted by atomic mass is 19.1. The van der Waals surface area contributed by atoms with E-state index in [1.807, 2.05) is 20.0 Å². The van der Waals surface area contributed by atoms with E-state index >= 15 is 0 Å². The second-order valence-electron chi connectivity index (χ2n) is 6.84. The van der Waals surface area contributed by atoms with Crippen molar-refractivity contribution in [3.8, 4) is 11.1 Å². The number of aromatic nitrogens is 3. The monoisotopic (exact) mass is 409 g/mol. The lowest BCUT2D eigenvalue weighted by Crippen LogP contribution is -2.36. The number of nitrogens with zero attached hydrogens (tertiary/aromatic N) is 4. The quantitative estimate of drug-likeness (QED) is 0.391. The molecular weight excluding hydrogens is 385 g/mol. The molecule has 1 amide bonds. The van der Waals surface area contributed by atoms with Gasteiger partial charge in [-0.3, -0.25) is 14.9 Å². The van der Waals surface area contributed by atoms with Crippen molar-refractivity contribution in [3.05, 3.63) is 66.0 Å². The molecular formula is C21H24FN7O. The Hall–Kier alpha value is -3.59. The van der Waals surface area contributed by atoms with Crippen molar-refractivity contribution in [2.24, 2.45) is 10.8 Å². The minimum absolute atomic E-state index is 0.207. The zero-order valence-corrected chi connectivity index (χ0v) is 16.8. The lowest BCUT2D eigenvalue weighted by atomic mass is 10.1. The molecule has 0 aliphatic rings. The molecule has 30 heavy (non-hydrogen) atoms. The van der Waals surface area contributed by atoms with E-state index in [1.54, 1.807) is 35.1 Å². The summed E-state index contributed by atoms with van der Waals surface area (Å²) >= 11 is 0. The van der Waals surface area contributed by atoms with E-state index in [4.69, 9.17) is 5.73 Å². The highest BCUT2D eigenvalue weighted by molar-refractivity contribution is 5.97. The van der Waals surface area contributed by atoms with Crippen molar-refractivity contribution in [1.82, 2.24) is 20.1 Å². The molecule has 4 N–H and O–H groups in total. The number of nitrogens with one attached hydrogen (secondary N) is 2. The fraction of sp³-hybridized carbons (Fsp3) is 0.238. The predicted octanol–water partition coefficient (Wildman–Crippen LogP) is 2.57. The smallest absolute Gasteiger partial charge is 0.272 e. The number of aryl methyl sites for hydroxylation is 1. The van der Waals surface area contributed by atoms with Crippen LogP contribution < -0.4 is 16.5 Å². The van der Waals surface area contributed by atoms with Crippen LogP contribution in [0.4, 0.5) is 10.1 Å². The van der Waals surface area contributed by atoms with E-state index in [1.165, 1.54) is 18.3 Å². The van der Waals surface area contributed by atoms with Gasteiger partial charge in [-0.05, 0) is 43.7 Å². The molecule has 0 fully saturated rings. The maximum absolute atomic E-state index is 13.1. The Morgan fingerprint density at radius 1 is 1.27 bits per heavy atom. The van der Waals surface area contributed by atoms with Gasteiger partial charge in [-0.2, -0.15) is 10.2 Å². The molecule has 9 heteroatoms. The van der Waals surface area contributed by atoms with Gasteiger partial charge in [0, 0.05) is 36.3 Å². The number of pyridine rings is 1. The normalized spacial score (nSPS) is 12.1. The number of carbonyl (C=O) groups is 1. The summed E-state index contributed by atoms with van der Waals surface area (Å²) in [5, 5.41) is 11.2. The van der Waals surface area contributed by atoms with Gasteiger partial charge in [-0.1, -0.05) is 12.1 Å². The molecule has 3 aromatic rings. The molecule has 8 nitrogen and oxygen atoms in total. The Labute approximate surface area is 174 Å². The van der Waals surface area contributed by atoms with Crippen LogP contribution in [0.15, 0.2) is 53.9 Å². The first-order chi connectivity index (χ1) is 14.5. The molecule has 2 heterocycles. The van der Waals surface area contributed by atoms with Crippen LogP contribution in [0.25, 0.3) is 11.1 Å². The zero-order chi connectivity index (χ0) is 21.5. The lowest BCUT2D eigenvalue weighted by molar-refractivity contribution is 0.0931. The maximum Gasteiger partial charge on any atom is 0.272 e. The first-order valence-electron chi connectivity index (χ1n) is 9.50. The number of nitrogens with two attached hydrogens (primary N) is 1. The maximum atomic E-state index is 13.1. The number of amides is 1. The minimum Gasteiger partial charge on any atom is -0.346 e. The molecule has 2 aromatic heterocycles. The summed E-state index contributed by atoms with van der Waals surface area (Å²) in [6.07, 6.45) is 5.07. The van der Waals surface area contributed by atoms with Crippen LogP contribution in [0.5, 0.6) is 0 Å². The average Bonchev–Trinajstić information content (AvgIpc) is 3.18.